The van der Waals surface area contributed by atoms with Gasteiger partial charge in [-0.3, -0.25) is 9.59 Å². The van der Waals surface area contributed by atoms with Crippen molar-refractivity contribution >= 4 is 17.5 Å². The molecule has 2 fully saturated rings. The lowest BCUT2D eigenvalue weighted by Gasteiger charge is -2.18. The van der Waals surface area contributed by atoms with E-state index in [9.17, 15) is 9.59 Å². The summed E-state index contributed by atoms with van der Waals surface area (Å²) in [5.41, 5.74) is 0.648. The first kappa shape index (κ1) is 16.4. The molecule has 2 bridgehead atoms. The maximum atomic E-state index is 12.9. The molecule has 4 rings (SSSR count). The average molecular weight is 339 g/mol. The first-order valence-electron chi connectivity index (χ1n) is 9.49. The Morgan fingerprint density at radius 1 is 1.04 bits per heavy atom. The number of hydrogen-bond acceptors (Lipinski definition) is 3. The van der Waals surface area contributed by atoms with Crippen LogP contribution in [0.1, 0.15) is 39.0 Å². The number of carbonyl (C=O) groups is 2. The van der Waals surface area contributed by atoms with Gasteiger partial charge in [-0.1, -0.05) is 44.4 Å². The highest BCUT2D eigenvalue weighted by Gasteiger charge is 2.59. The molecule has 1 saturated heterocycles. The molecule has 4 nitrogen and oxygen atoms in total. The number of allylic oxidation sites excluding steroid dienone is 2. The number of imide groups is 1. The molecule has 1 heterocycles. The third kappa shape index (κ3) is 2.78. The van der Waals surface area contributed by atoms with Crippen molar-refractivity contribution in [1.29, 1.82) is 0 Å². The van der Waals surface area contributed by atoms with Gasteiger partial charge < -0.3 is 4.74 Å². The second-order valence-corrected chi connectivity index (χ2v) is 7.42. The zero-order valence-corrected chi connectivity index (χ0v) is 14.7. The summed E-state index contributed by atoms with van der Waals surface area (Å²) in [5.74, 6) is 0.845. The topological polar surface area (TPSA) is 46.6 Å². The quantitative estimate of drug-likeness (QED) is 0.429. The Morgan fingerprint density at radius 3 is 2.44 bits per heavy atom. The Bertz CT molecular complexity index is 681. The van der Waals surface area contributed by atoms with Gasteiger partial charge in [-0.05, 0) is 36.8 Å². The second-order valence-electron chi connectivity index (χ2n) is 7.42. The van der Waals surface area contributed by atoms with E-state index in [1.807, 2.05) is 24.3 Å². The van der Waals surface area contributed by atoms with Gasteiger partial charge in [-0.15, -0.1) is 0 Å². The van der Waals surface area contributed by atoms with Gasteiger partial charge in [0.15, 0.2) is 0 Å². The van der Waals surface area contributed by atoms with Crippen molar-refractivity contribution in [3.63, 3.8) is 0 Å². The van der Waals surface area contributed by atoms with Crippen molar-refractivity contribution in [1.82, 2.24) is 0 Å². The van der Waals surface area contributed by atoms with E-state index < -0.39 is 0 Å². The monoisotopic (exact) mass is 339 g/mol. The van der Waals surface area contributed by atoms with Gasteiger partial charge in [0.25, 0.3) is 0 Å². The van der Waals surface area contributed by atoms with Gasteiger partial charge in [-0.25, -0.2) is 4.90 Å². The average Bonchev–Trinajstić information content (AvgIpc) is 3.29. The number of unbranched alkanes of at least 4 members (excludes halogenated alkanes) is 3. The molecule has 1 aromatic rings. The van der Waals surface area contributed by atoms with E-state index in [1.165, 1.54) is 24.2 Å². The number of anilines is 1. The molecular weight excluding hydrogens is 314 g/mol. The fourth-order valence-corrected chi connectivity index (χ4v) is 4.59. The number of amides is 2. The summed E-state index contributed by atoms with van der Waals surface area (Å²) in [5, 5.41) is 0. The summed E-state index contributed by atoms with van der Waals surface area (Å²) in [6.45, 7) is 2.86. The van der Waals surface area contributed by atoms with Crippen LogP contribution >= 0.6 is 0 Å². The van der Waals surface area contributed by atoms with E-state index in [2.05, 4.69) is 19.1 Å². The molecule has 1 aromatic carbocycles. The predicted octanol–water partition coefficient (Wildman–Crippen LogP) is 3.96. The minimum Gasteiger partial charge on any atom is -0.494 e. The molecule has 4 heteroatoms. The number of fused-ring (bicyclic) bond motifs is 5. The molecule has 132 valence electrons. The molecule has 0 spiro atoms. The Balaban J connectivity index is 1.46. The molecule has 3 aliphatic rings. The third-order valence-corrected chi connectivity index (χ3v) is 5.81. The summed E-state index contributed by atoms with van der Waals surface area (Å²) < 4.78 is 5.81. The largest absolute Gasteiger partial charge is 0.494 e. The number of ether oxygens (including phenoxy) is 1. The van der Waals surface area contributed by atoms with Crippen LogP contribution < -0.4 is 9.64 Å². The highest BCUT2D eigenvalue weighted by Crippen LogP contribution is 2.53. The van der Waals surface area contributed by atoms with Crippen LogP contribution in [0.5, 0.6) is 5.75 Å². The van der Waals surface area contributed by atoms with Gasteiger partial charge in [0.1, 0.15) is 5.75 Å². The summed E-state index contributed by atoms with van der Waals surface area (Å²) in [7, 11) is 0. The Labute approximate surface area is 148 Å². The Kier molecular flexibility index (Phi) is 4.36. The van der Waals surface area contributed by atoms with Crippen molar-refractivity contribution in [2.45, 2.75) is 39.0 Å². The zero-order chi connectivity index (χ0) is 17.4. The van der Waals surface area contributed by atoms with E-state index in [1.54, 1.807) is 0 Å². The number of carbonyl (C=O) groups excluding carboxylic acids is 2. The van der Waals surface area contributed by atoms with Crippen LogP contribution in [0.3, 0.4) is 0 Å². The fraction of sp³-hybridized carbons (Fsp3) is 0.524. The summed E-state index contributed by atoms with van der Waals surface area (Å²) in [4.78, 5) is 27.1. The summed E-state index contributed by atoms with van der Waals surface area (Å²) >= 11 is 0. The van der Waals surface area contributed by atoms with E-state index in [0.29, 0.717) is 12.3 Å². The lowest BCUT2D eigenvalue weighted by Crippen LogP contribution is -2.32. The summed E-state index contributed by atoms with van der Waals surface area (Å²) in [6, 6.07) is 7.40. The van der Waals surface area contributed by atoms with Crippen LogP contribution in [-0.2, 0) is 9.59 Å². The molecule has 2 aliphatic carbocycles. The highest BCUT2D eigenvalue weighted by molar-refractivity contribution is 6.22. The standard InChI is InChI=1S/C21H25NO3/c1-2-3-4-5-11-25-17-8-6-7-16(13-17)22-20(23)18-14-9-10-15(12-14)19(18)21(22)24/h6-10,13-15,18-19H,2-5,11-12H2,1H3/t14-,15+,18-,19+. The Morgan fingerprint density at radius 2 is 1.76 bits per heavy atom. The molecule has 0 radical (unpaired) electrons. The van der Waals surface area contributed by atoms with Crippen LogP contribution in [0.4, 0.5) is 5.69 Å². The fourth-order valence-electron chi connectivity index (χ4n) is 4.59. The van der Waals surface area contributed by atoms with Crippen molar-refractivity contribution in [3.8, 4) is 5.75 Å². The van der Waals surface area contributed by atoms with Crippen LogP contribution in [0.15, 0.2) is 36.4 Å². The SMILES string of the molecule is CCCCCCOc1cccc(N2C(=O)[C@@H]3[C@H](C2=O)[C@@H]2C=C[C@H]3C2)c1. The van der Waals surface area contributed by atoms with Crippen molar-refractivity contribution < 1.29 is 14.3 Å². The molecule has 1 saturated carbocycles. The van der Waals surface area contributed by atoms with Crippen LogP contribution in [0.2, 0.25) is 0 Å². The lowest BCUT2D eigenvalue weighted by atomic mass is 9.85. The molecule has 4 atom stereocenters. The third-order valence-electron chi connectivity index (χ3n) is 5.81. The Hall–Kier alpha value is -2.10. The van der Waals surface area contributed by atoms with Gasteiger partial charge in [0, 0.05) is 6.07 Å². The predicted molar refractivity (Wildman–Crippen MR) is 96.3 cm³/mol. The molecule has 1 aliphatic heterocycles. The number of nitrogens with zero attached hydrogens (tertiary/aromatic N) is 1. The normalized spacial score (nSPS) is 29.6. The number of hydrogen-bond donors (Lipinski definition) is 0. The maximum absolute atomic E-state index is 12.9. The highest BCUT2D eigenvalue weighted by atomic mass is 16.5. The number of rotatable bonds is 7. The van der Waals surface area contributed by atoms with E-state index in [-0.39, 0.29) is 35.5 Å². The van der Waals surface area contributed by atoms with E-state index in [4.69, 9.17) is 4.74 Å². The second kappa shape index (κ2) is 6.66. The van der Waals surface area contributed by atoms with Gasteiger partial charge in [0.05, 0.1) is 24.1 Å². The first-order valence-corrected chi connectivity index (χ1v) is 9.49. The minimum absolute atomic E-state index is 0.0352. The maximum Gasteiger partial charge on any atom is 0.238 e. The molecule has 2 amide bonds. The van der Waals surface area contributed by atoms with Crippen LogP contribution in [-0.4, -0.2) is 18.4 Å². The first-order chi connectivity index (χ1) is 12.2. The molecule has 0 unspecified atom stereocenters. The van der Waals surface area contributed by atoms with Crippen molar-refractivity contribution in [3.05, 3.63) is 36.4 Å². The van der Waals surface area contributed by atoms with Crippen molar-refractivity contribution in [2.24, 2.45) is 23.7 Å². The minimum atomic E-state index is -0.152. The van der Waals surface area contributed by atoms with Gasteiger partial charge >= 0.3 is 0 Å². The molecule has 0 N–H and O–H groups in total. The van der Waals surface area contributed by atoms with Crippen LogP contribution in [0.25, 0.3) is 0 Å². The van der Waals surface area contributed by atoms with Crippen LogP contribution in [0, 0.1) is 23.7 Å². The molecule has 0 aromatic heterocycles. The lowest BCUT2D eigenvalue weighted by molar-refractivity contribution is -0.123. The number of benzene rings is 1. The van der Waals surface area contributed by atoms with Gasteiger partial charge in [-0.2, -0.15) is 0 Å². The van der Waals surface area contributed by atoms with E-state index in [0.717, 1.165) is 18.6 Å². The molecular formula is C21H25NO3. The van der Waals surface area contributed by atoms with Crippen molar-refractivity contribution in [2.75, 3.05) is 11.5 Å². The van der Waals surface area contributed by atoms with Gasteiger partial charge in [0.2, 0.25) is 11.8 Å². The van der Waals surface area contributed by atoms with E-state index >= 15 is 0 Å². The molecule has 25 heavy (non-hydrogen) atoms. The summed E-state index contributed by atoms with van der Waals surface area (Å²) in [6.07, 6.45) is 9.82. The zero-order valence-electron chi connectivity index (χ0n) is 14.7. The smallest absolute Gasteiger partial charge is 0.238 e.